The molecular formula is C17H18ClNO2. The highest BCUT2D eigenvalue weighted by molar-refractivity contribution is 6.31. The lowest BCUT2D eigenvalue weighted by atomic mass is 10.1. The molecule has 1 atom stereocenters. The van der Waals surface area contributed by atoms with Crippen LogP contribution >= 0.6 is 11.6 Å². The fraction of sp³-hybridized carbons (Fsp3) is 0.235. The van der Waals surface area contributed by atoms with Crippen LogP contribution in [0.25, 0.3) is 0 Å². The molecule has 0 radical (unpaired) electrons. The van der Waals surface area contributed by atoms with E-state index in [4.69, 9.17) is 16.3 Å². The largest absolute Gasteiger partial charge is 0.464 e. The molecular weight excluding hydrogens is 286 g/mol. The summed E-state index contributed by atoms with van der Waals surface area (Å²) in [5.74, 6) is -0.341. The number of carbonyl (C=O) groups is 1. The minimum absolute atomic E-state index is 0.329. The maximum atomic E-state index is 12.2. The second kappa shape index (κ2) is 7.14. The molecule has 110 valence electrons. The van der Waals surface area contributed by atoms with Crippen LogP contribution in [0.1, 0.15) is 24.1 Å². The summed E-state index contributed by atoms with van der Waals surface area (Å²) in [6.45, 7) is 4.11. The molecule has 0 bridgehead atoms. The van der Waals surface area contributed by atoms with Gasteiger partial charge in [-0.1, -0.05) is 41.9 Å². The van der Waals surface area contributed by atoms with Crippen molar-refractivity contribution in [1.29, 1.82) is 0 Å². The van der Waals surface area contributed by atoms with Gasteiger partial charge < -0.3 is 10.1 Å². The standard InChI is InChI=1S/C17H18ClNO2/c1-3-21-17(20)16(14-9-4-5-10-15(14)18)19-13-8-6-7-12(2)11-13/h4-11,16,19H,3H2,1-2H3. The van der Waals surface area contributed by atoms with Crippen LogP contribution in [0.2, 0.25) is 5.02 Å². The number of esters is 1. The lowest BCUT2D eigenvalue weighted by molar-refractivity contribution is -0.144. The first kappa shape index (κ1) is 15.4. The van der Waals surface area contributed by atoms with Crippen molar-refractivity contribution < 1.29 is 9.53 Å². The van der Waals surface area contributed by atoms with Crippen molar-refractivity contribution in [3.63, 3.8) is 0 Å². The lowest BCUT2D eigenvalue weighted by Gasteiger charge is -2.20. The fourth-order valence-electron chi connectivity index (χ4n) is 2.10. The first-order valence-electron chi connectivity index (χ1n) is 6.86. The summed E-state index contributed by atoms with van der Waals surface area (Å²) in [4.78, 5) is 12.2. The Balaban J connectivity index is 2.33. The predicted molar refractivity (Wildman–Crippen MR) is 85.6 cm³/mol. The Labute approximate surface area is 129 Å². The second-order valence-electron chi connectivity index (χ2n) is 4.72. The van der Waals surface area contributed by atoms with E-state index in [2.05, 4.69) is 5.32 Å². The maximum absolute atomic E-state index is 12.2. The van der Waals surface area contributed by atoms with E-state index in [0.29, 0.717) is 17.2 Å². The van der Waals surface area contributed by atoms with E-state index in [1.54, 1.807) is 13.0 Å². The number of nitrogens with one attached hydrogen (secondary N) is 1. The third kappa shape index (κ3) is 3.99. The van der Waals surface area contributed by atoms with Crippen LogP contribution in [0.3, 0.4) is 0 Å². The van der Waals surface area contributed by atoms with Crippen LogP contribution in [-0.2, 0) is 9.53 Å². The van der Waals surface area contributed by atoms with Crippen LogP contribution in [0.5, 0.6) is 0 Å². The molecule has 0 saturated heterocycles. The Morgan fingerprint density at radius 1 is 1.24 bits per heavy atom. The number of benzene rings is 2. The van der Waals surface area contributed by atoms with Gasteiger partial charge in [-0.05, 0) is 37.6 Å². The molecule has 0 amide bonds. The van der Waals surface area contributed by atoms with Crippen LogP contribution in [0, 0.1) is 6.92 Å². The van der Waals surface area contributed by atoms with Crippen LogP contribution in [-0.4, -0.2) is 12.6 Å². The summed E-state index contributed by atoms with van der Waals surface area (Å²) >= 11 is 6.21. The topological polar surface area (TPSA) is 38.3 Å². The molecule has 0 aliphatic heterocycles. The van der Waals surface area contributed by atoms with Gasteiger partial charge in [0.1, 0.15) is 0 Å². The summed E-state index contributed by atoms with van der Waals surface area (Å²) in [6, 6.07) is 14.5. The van der Waals surface area contributed by atoms with E-state index in [1.165, 1.54) is 0 Å². The van der Waals surface area contributed by atoms with Gasteiger partial charge in [-0.2, -0.15) is 0 Å². The van der Waals surface area contributed by atoms with E-state index in [-0.39, 0.29) is 5.97 Å². The SMILES string of the molecule is CCOC(=O)C(Nc1cccc(C)c1)c1ccccc1Cl. The summed E-state index contributed by atoms with van der Waals surface area (Å²) < 4.78 is 5.16. The van der Waals surface area contributed by atoms with Crippen molar-refractivity contribution in [3.05, 3.63) is 64.7 Å². The zero-order valence-corrected chi connectivity index (χ0v) is 12.9. The van der Waals surface area contributed by atoms with Gasteiger partial charge in [0, 0.05) is 16.3 Å². The Kier molecular flexibility index (Phi) is 5.23. The number of rotatable bonds is 5. The average Bonchev–Trinajstić information content (AvgIpc) is 2.46. The van der Waals surface area contributed by atoms with Gasteiger partial charge in [-0.15, -0.1) is 0 Å². The van der Waals surface area contributed by atoms with Gasteiger partial charge in [-0.25, -0.2) is 4.79 Å². The number of carbonyl (C=O) groups excluding carboxylic acids is 1. The monoisotopic (exact) mass is 303 g/mol. The average molecular weight is 304 g/mol. The van der Waals surface area contributed by atoms with Crippen molar-refractivity contribution in [3.8, 4) is 0 Å². The number of aryl methyl sites for hydroxylation is 1. The first-order chi connectivity index (χ1) is 10.1. The van der Waals surface area contributed by atoms with E-state index in [1.807, 2.05) is 49.4 Å². The van der Waals surface area contributed by atoms with E-state index in [0.717, 1.165) is 11.3 Å². The molecule has 0 fully saturated rings. The Morgan fingerprint density at radius 2 is 2.00 bits per heavy atom. The second-order valence-corrected chi connectivity index (χ2v) is 5.13. The summed E-state index contributed by atoms with van der Waals surface area (Å²) in [5.41, 5.74) is 2.67. The number of ether oxygens (including phenoxy) is 1. The van der Waals surface area contributed by atoms with Crippen molar-refractivity contribution >= 4 is 23.3 Å². The number of halogens is 1. The first-order valence-corrected chi connectivity index (χ1v) is 7.24. The molecule has 0 aromatic heterocycles. The predicted octanol–water partition coefficient (Wildman–Crippen LogP) is 4.36. The van der Waals surface area contributed by atoms with Gasteiger partial charge in [0.15, 0.2) is 6.04 Å². The van der Waals surface area contributed by atoms with Gasteiger partial charge in [-0.3, -0.25) is 0 Å². The van der Waals surface area contributed by atoms with Gasteiger partial charge in [0.2, 0.25) is 0 Å². The van der Waals surface area contributed by atoms with Crippen molar-refractivity contribution in [2.45, 2.75) is 19.9 Å². The molecule has 2 aromatic rings. The number of anilines is 1. The number of hydrogen-bond acceptors (Lipinski definition) is 3. The smallest absolute Gasteiger partial charge is 0.333 e. The molecule has 0 aliphatic carbocycles. The highest BCUT2D eigenvalue weighted by Gasteiger charge is 2.24. The van der Waals surface area contributed by atoms with E-state index in [9.17, 15) is 4.79 Å². The minimum Gasteiger partial charge on any atom is -0.464 e. The number of hydrogen-bond donors (Lipinski definition) is 1. The molecule has 2 rings (SSSR count). The minimum atomic E-state index is -0.625. The summed E-state index contributed by atoms with van der Waals surface area (Å²) in [7, 11) is 0. The zero-order chi connectivity index (χ0) is 15.2. The highest BCUT2D eigenvalue weighted by atomic mass is 35.5. The summed E-state index contributed by atoms with van der Waals surface area (Å²) in [6.07, 6.45) is 0. The molecule has 0 spiro atoms. The fourth-order valence-corrected chi connectivity index (χ4v) is 2.34. The van der Waals surface area contributed by atoms with Crippen molar-refractivity contribution in [2.24, 2.45) is 0 Å². The molecule has 0 saturated carbocycles. The molecule has 0 aliphatic rings. The normalized spacial score (nSPS) is 11.8. The third-order valence-electron chi connectivity index (χ3n) is 3.07. The molecule has 0 heterocycles. The van der Waals surface area contributed by atoms with Crippen LogP contribution < -0.4 is 5.32 Å². The Morgan fingerprint density at radius 3 is 2.67 bits per heavy atom. The zero-order valence-electron chi connectivity index (χ0n) is 12.1. The van der Waals surface area contributed by atoms with Crippen LogP contribution in [0.15, 0.2) is 48.5 Å². The van der Waals surface area contributed by atoms with Crippen molar-refractivity contribution in [1.82, 2.24) is 0 Å². The van der Waals surface area contributed by atoms with E-state index >= 15 is 0 Å². The lowest BCUT2D eigenvalue weighted by Crippen LogP contribution is -2.23. The maximum Gasteiger partial charge on any atom is 0.333 e. The molecule has 2 aromatic carbocycles. The molecule has 3 nitrogen and oxygen atoms in total. The molecule has 1 unspecified atom stereocenters. The van der Waals surface area contributed by atoms with E-state index < -0.39 is 6.04 Å². The summed E-state index contributed by atoms with van der Waals surface area (Å²) in [5, 5.41) is 3.74. The highest BCUT2D eigenvalue weighted by Crippen LogP contribution is 2.27. The van der Waals surface area contributed by atoms with Crippen LogP contribution in [0.4, 0.5) is 5.69 Å². The third-order valence-corrected chi connectivity index (χ3v) is 3.41. The molecule has 1 N–H and O–H groups in total. The quantitative estimate of drug-likeness (QED) is 0.834. The molecule has 4 heteroatoms. The Hall–Kier alpha value is -2.00. The molecule has 21 heavy (non-hydrogen) atoms. The van der Waals surface area contributed by atoms with Gasteiger partial charge >= 0.3 is 5.97 Å². The van der Waals surface area contributed by atoms with Gasteiger partial charge in [0.25, 0.3) is 0 Å². The van der Waals surface area contributed by atoms with Gasteiger partial charge in [0.05, 0.1) is 6.61 Å². The van der Waals surface area contributed by atoms with Crippen molar-refractivity contribution in [2.75, 3.05) is 11.9 Å². The Bertz CT molecular complexity index is 628.